The van der Waals surface area contributed by atoms with Crippen LogP contribution in [0.5, 0.6) is 5.75 Å². The van der Waals surface area contributed by atoms with Crippen molar-refractivity contribution in [2.24, 2.45) is 5.73 Å². The summed E-state index contributed by atoms with van der Waals surface area (Å²) >= 11 is 0. The fourth-order valence-electron chi connectivity index (χ4n) is 1.07. The number of rotatable bonds is 4. The lowest BCUT2D eigenvalue weighted by molar-refractivity contribution is 0.272. The second kappa shape index (κ2) is 4.60. The lowest BCUT2D eigenvalue weighted by Gasteiger charge is -2.08. The quantitative estimate of drug-likeness (QED) is 0.568. The van der Waals surface area contributed by atoms with Crippen molar-refractivity contribution in [3.63, 3.8) is 0 Å². The summed E-state index contributed by atoms with van der Waals surface area (Å²) in [5.41, 5.74) is 6.81. The van der Waals surface area contributed by atoms with Gasteiger partial charge in [-0.15, -0.1) is 0 Å². The highest BCUT2D eigenvalue weighted by atomic mass is 19.1. The molecule has 0 spiro atoms. The van der Waals surface area contributed by atoms with Gasteiger partial charge in [0, 0.05) is 5.56 Å². The van der Waals surface area contributed by atoms with E-state index < -0.39 is 6.67 Å². The van der Waals surface area contributed by atoms with E-state index in [1.807, 2.05) is 6.92 Å². The van der Waals surface area contributed by atoms with Crippen molar-refractivity contribution < 1.29 is 9.13 Å². The maximum atomic E-state index is 11.9. The molecule has 0 atom stereocenters. The Balaban J connectivity index is 2.90. The van der Waals surface area contributed by atoms with E-state index in [2.05, 4.69) is 0 Å². The Labute approximate surface area is 82.2 Å². The van der Waals surface area contributed by atoms with Crippen molar-refractivity contribution in [3.05, 3.63) is 29.3 Å². The summed E-state index contributed by atoms with van der Waals surface area (Å²) < 4.78 is 17.0. The number of nitrogens with one attached hydrogen (secondary N) is 1. The Morgan fingerprint density at radius 2 is 2.29 bits per heavy atom. The molecule has 0 radical (unpaired) electrons. The molecule has 76 valence electrons. The van der Waals surface area contributed by atoms with E-state index in [4.69, 9.17) is 15.9 Å². The van der Waals surface area contributed by atoms with Crippen LogP contribution in [0.15, 0.2) is 18.2 Å². The zero-order valence-electron chi connectivity index (χ0n) is 8.01. The van der Waals surface area contributed by atoms with Gasteiger partial charge in [0.1, 0.15) is 24.9 Å². The Bertz CT molecular complexity index is 339. The number of ether oxygens (including phenoxy) is 1. The first kappa shape index (κ1) is 10.5. The van der Waals surface area contributed by atoms with Crippen molar-refractivity contribution >= 4 is 5.84 Å². The molecule has 0 bridgehead atoms. The average Bonchev–Trinajstić information content (AvgIpc) is 2.16. The van der Waals surface area contributed by atoms with Crippen molar-refractivity contribution in [2.45, 2.75) is 6.92 Å². The van der Waals surface area contributed by atoms with Gasteiger partial charge in [-0.1, -0.05) is 12.1 Å². The van der Waals surface area contributed by atoms with Gasteiger partial charge in [0.05, 0.1) is 0 Å². The molecule has 0 aliphatic carbocycles. The second-order valence-electron chi connectivity index (χ2n) is 2.93. The summed E-state index contributed by atoms with van der Waals surface area (Å²) in [7, 11) is 0. The molecule has 14 heavy (non-hydrogen) atoms. The number of hydrogen-bond acceptors (Lipinski definition) is 2. The van der Waals surface area contributed by atoms with E-state index in [1.54, 1.807) is 18.2 Å². The number of nitrogen functional groups attached to an aromatic ring is 1. The number of alkyl halides is 1. The molecule has 1 aromatic carbocycles. The second-order valence-corrected chi connectivity index (χ2v) is 2.93. The molecular formula is C10H13FN2O. The minimum absolute atomic E-state index is 0.0184. The van der Waals surface area contributed by atoms with E-state index in [1.165, 1.54) is 0 Å². The standard InChI is InChI=1S/C10H13FN2O/c1-7-2-3-8(10(12)13)6-9(7)14-5-4-11/h2-3,6H,4-5H2,1H3,(H3,12,13). The van der Waals surface area contributed by atoms with Gasteiger partial charge in [0.15, 0.2) is 0 Å². The van der Waals surface area contributed by atoms with Gasteiger partial charge in [-0.25, -0.2) is 4.39 Å². The molecule has 0 fully saturated rings. The molecule has 3 nitrogen and oxygen atoms in total. The number of halogens is 1. The zero-order chi connectivity index (χ0) is 10.6. The highest BCUT2D eigenvalue weighted by molar-refractivity contribution is 5.95. The van der Waals surface area contributed by atoms with Crippen molar-refractivity contribution in [2.75, 3.05) is 13.3 Å². The zero-order valence-corrected chi connectivity index (χ0v) is 8.01. The third-order valence-corrected chi connectivity index (χ3v) is 1.83. The monoisotopic (exact) mass is 196 g/mol. The molecule has 1 rings (SSSR count). The van der Waals surface area contributed by atoms with Gasteiger partial charge in [0.25, 0.3) is 0 Å². The number of hydrogen-bond donors (Lipinski definition) is 2. The maximum Gasteiger partial charge on any atom is 0.123 e. The lowest BCUT2D eigenvalue weighted by Crippen LogP contribution is -2.11. The normalized spacial score (nSPS) is 9.86. The van der Waals surface area contributed by atoms with Gasteiger partial charge < -0.3 is 10.5 Å². The minimum atomic E-state index is -0.524. The Morgan fingerprint density at radius 1 is 1.57 bits per heavy atom. The highest BCUT2D eigenvalue weighted by Gasteiger charge is 2.03. The number of benzene rings is 1. The molecule has 0 aliphatic heterocycles. The molecule has 0 heterocycles. The fourth-order valence-corrected chi connectivity index (χ4v) is 1.07. The number of nitrogens with two attached hydrogens (primary N) is 1. The Morgan fingerprint density at radius 3 is 2.86 bits per heavy atom. The summed E-state index contributed by atoms with van der Waals surface area (Å²) in [5.74, 6) is 0.561. The predicted molar refractivity (Wildman–Crippen MR) is 53.7 cm³/mol. The highest BCUT2D eigenvalue weighted by Crippen LogP contribution is 2.19. The minimum Gasteiger partial charge on any atom is -0.491 e. The molecule has 4 heteroatoms. The smallest absolute Gasteiger partial charge is 0.123 e. The largest absolute Gasteiger partial charge is 0.491 e. The van der Waals surface area contributed by atoms with Crippen LogP contribution < -0.4 is 10.5 Å². The molecule has 0 aromatic heterocycles. The molecular weight excluding hydrogens is 183 g/mol. The predicted octanol–water partition coefficient (Wildman–Crippen LogP) is 1.63. The first-order valence-corrected chi connectivity index (χ1v) is 4.29. The van der Waals surface area contributed by atoms with Crippen molar-refractivity contribution in [3.8, 4) is 5.75 Å². The topological polar surface area (TPSA) is 59.1 Å². The summed E-state index contributed by atoms with van der Waals surface area (Å²) in [4.78, 5) is 0. The van der Waals surface area contributed by atoms with Crippen molar-refractivity contribution in [1.82, 2.24) is 0 Å². The molecule has 0 saturated carbocycles. The Hall–Kier alpha value is -1.58. The van der Waals surface area contributed by atoms with Crippen LogP contribution in [0.1, 0.15) is 11.1 Å². The fraction of sp³-hybridized carbons (Fsp3) is 0.300. The van der Waals surface area contributed by atoms with Crippen LogP contribution >= 0.6 is 0 Å². The number of aryl methyl sites for hydroxylation is 1. The first-order chi connectivity index (χ1) is 6.65. The van der Waals surface area contributed by atoms with E-state index in [9.17, 15) is 4.39 Å². The van der Waals surface area contributed by atoms with Crippen LogP contribution in [0.3, 0.4) is 0 Å². The van der Waals surface area contributed by atoms with E-state index in [0.717, 1.165) is 5.56 Å². The average molecular weight is 196 g/mol. The number of amidine groups is 1. The molecule has 0 saturated heterocycles. The molecule has 1 aromatic rings. The van der Waals surface area contributed by atoms with Crippen LogP contribution in [0.2, 0.25) is 0 Å². The van der Waals surface area contributed by atoms with Gasteiger partial charge in [0.2, 0.25) is 0 Å². The van der Waals surface area contributed by atoms with E-state index >= 15 is 0 Å². The van der Waals surface area contributed by atoms with Gasteiger partial charge in [-0.05, 0) is 18.6 Å². The van der Waals surface area contributed by atoms with Crippen molar-refractivity contribution in [1.29, 1.82) is 5.41 Å². The van der Waals surface area contributed by atoms with E-state index in [-0.39, 0.29) is 12.4 Å². The van der Waals surface area contributed by atoms with Gasteiger partial charge in [-0.3, -0.25) is 5.41 Å². The molecule has 0 amide bonds. The molecule has 3 N–H and O–H groups in total. The van der Waals surface area contributed by atoms with E-state index in [0.29, 0.717) is 11.3 Å². The molecule has 0 aliphatic rings. The summed E-state index contributed by atoms with van der Waals surface area (Å²) in [6.45, 7) is 1.36. The molecule has 0 unspecified atom stereocenters. The summed E-state index contributed by atoms with van der Waals surface area (Å²) in [5, 5.41) is 7.23. The van der Waals surface area contributed by atoms with Crippen LogP contribution in [-0.2, 0) is 0 Å². The first-order valence-electron chi connectivity index (χ1n) is 4.29. The third-order valence-electron chi connectivity index (χ3n) is 1.83. The summed E-state index contributed by atoms with van der Waals surface area (Å²) in [6.07, 6.45) is 0. The van der Waals surface area contributed by atoms with Gasteiger partial charge in [-0.2, -0.15) is 0 Å². The van der Waals surface area contributed by atoms with Crippen LogP contribution in [0.25, 0.3) is 0 Å². The van der Waals surface area contributed by atoms with Gasteiger partial charge >= 0.3 is 0 Å². The third kappa shape index (κ3) is 2.45. The van der Waals surface area contributed by atoms with Crippen LogP contribution in [0, 0.1) is 12.3 Å². The van der Waals surface area contributed by atoms with Crippen LogP contribution in [0.4, 0.5) is 4.39 Å². The van der Waals surface area contributed by atoms with Crippen LogP contribution in [-0.4, -0.2) is 19.1 Å². The summed E-state index contributed by atoms with van der Waals surface area (Å²) in [6, 6.07) is 5.18. The SMILES string of the molecule is Cc1ccc(C(=N)N)cc1OCCF. The Kier molecular flexibility index (Phi) is 3.45. The lowest BCUT2D eigenvalue weighted by atomic mass is 10.1. The maximum absolute atomic E-state index is 11.9.